The van der Waals surface area contributed by atoms with E-state index in [4.69, 9.17) is 18.6 Å². The van der Waals surface area contributed by atoms with Crippen LogP contribution in [-0.2, 0) is 4.79 Å². The average Bonchev–Trinajstić information content (AvgIpc) is 3.30. The van der Waals surface area contributed by atoms with Gasteiger partial charge >= 0.3 is 0 Å². The maximum Gasteiger partial charge on any atom is 0.273 e. The van der Waals surface area contributed by atoms with Gasteiger partial charge in [0.1, 0.15) is 22.8 Å². The summed E-state index contributed by atoms with van der Waals surface area (Å²) in [6.07, 6.45) is 3.11. The number of rotatable bonds is 8. The van der Waals surface area contributed by atoms with Gasteiger partial charge in [-0.1, -0.05) is 12.1 Å². The second kappa shape index (κ2) is 10.2. The fourth-order valence-electron chi connectivity index (χ4n) is 3.87. The first-order valence-corrected chi connectivity index (χ1v) is 10.9. The van der Waals surface area contributed by atoms with Crippen LogP contribution in [-0.4, -0.2) is 32.2 Å². The van der Waals surface area contributed by atoms with E-state index in [0.717, 1.165) is 22.3 Å². The van der Waals surface area contributed by atoms with Crippen molar-refractivity contribution in [2.24, 2.45) is 0 Å². The smallest absolute Gasteiger partial charge is 0.273 e. The zero-order valence-electron chi connectivity index (χ0n) is 20.2. The van der Waals surface area contributed by atoms with Crippen molar-refractivity contribution in [1.29, 1.82) is 0 Å². The van der Waals surface area contributed by atoms with E-state index in [0.29, 0.717) is 28.2 Å². The van der Waals surface area contributed by atoms with Crippen molar-refractivity contribution >= 4 is 33.8 Å². The van der Waals surface area contributed by atoms with Gasteiger partial charge in [0, 0.05) is 34.7 Å². The van der Waals surface area contributed by atoms with Gasteiger partial charge in [0.05, 0.1) is 44.3 Å². The molecular formula is C27H24N2O7. The van der Waals surface area contributed by atoms with Gasteiger partial charge in [-0.15, -0.1) is 0 Å². The van der Waals surface area contributed by atoms with Gasteiger partial charge in [-0.3, -0.25) is 14.9 Å². The summed E-state index contributed by atoms with van der Waals surface area (Å²) in [4.78, 5) is 23.3. The van der Waals surface area contributed by atoms with Crippen LogP contribution in [0.25, 0.3) is 27.7 Å². The summed E-state index contributed by atoms with van der Waals surface area (Å²) in [5.41, 5.74) is 4.04. The molecule has 1 amide bonds. The number of allylic oxidation sites excluding steroid dienone is 1. The lowest BCUT2D eigenvalue weighted by Gasteiger charge is -2.11. The highest BCUT2D eigenvalue weighted by atomic mass is 16.6. The SMILES string of the molecule is COc1ccc(-c2coc3cc(OC)c(/C(C)=C/C(=O)Nc4ccc([N+](=O)[O-])cc4OC)cc23)cc1. The van der Waals surface area contributed by atoms with E-state index in [2.05, 4.69) is 5.32 Å². The van der Waals surface area contributed by atoms with Crippen LogP contribution in [0.5, 0.6) is 17.2 Å². The highest BCUT2D eigenvalue weighted by Crippen LogP contribution is 2.38. The molecule has 0 aliphatic carbocycles. The molecule has 9 heteroatoms. The minimum Gasteiger partial charge on any atom is -0.497 e. The summed E-state index contributed by atoms with van der Waals surface area (Å²) in [6, 6.07) is 15.3. The Bertz CT molecular complexity index is 1470. The van der Waals surface area contributed by atoms with E-state index >= 15 is 0 Å². The summed E-state index contributed by atoms with van der Waals surface area (Å²) in [5, 5.41) is 14.6. The number of methoxy groups -OCH3 is 3. The van der Waals surface area contributed by atoms with E-state index in [1.54, 1.807) is 33.5 Å². The van der Waals surface area contributed by atoms with Crippen molar-refractivity contribution < 1.29 is 28.3 Å². The van der Waals surface area contributed by atoms with Gasteiger partial charge < -0.3 is 23.9 Å². The molecule has 9 nitrogen and oxygen atoms in total. The monoisotopic (exact) mass is 488 g/mol. The molecule has 4 rings (SSSR count). The molecule has 0 aliphatic heterocycles. The van der Waals surface area contributed by atoms with Crippen molar-refractivity contribution in [1.82, 2.24) is 0 Å². The fourth-order valence-corrected chi connectivity index (χ4v) is 3.87. The third-order valence-electron chi connectivity index (χ3n) is 5.72. The molecule has 0 radical (unpaired) electrons. The summed E-state index contributed by atoms with van der Waals surface area (Å²) in [7, 11) is 4.54. The summed E-state index contributed by atoms with van der Waals surface area (Å²) < 4.78 is 21.8. The Balaban J connectivity index is 1.67. The Morgan fingerprint density at radius 3 is 2.33 bits per heavy atom. The van der Waals surface area contributed by atoms with Crippen LogP contribution in [0.4, 0.5) is 11.4 Å². The van der Waals surface area contributed by atoms with Crippen LogP contribution < -0.4 is 19.5 Å². The largest absolute Gasteiger partial charge is 0.497 e. The molecule has 4 aromatic rings. The lowest BCUT2D eigenvalue weighted by molar-refractivity contribution is -0.384. The van der Waals surface area contributed by atoms with E-state index in [1.807, 2.05) is 30.3 Å². The molecule has 0 atom stereocenters. The number of nitrogens with one attached hydrogen (secondary N) is 1. The van der Waals surface area contributed by atoms with Crippen LogP contribution in [0.1, 0.15) is 12.5 Å². The minimum absolute atomic E-state index is 0.137. The molecule has 0 fully saturated rings. The van der Waals surface area contributed by atoms with E-state index in [1.165, 1.54) is 31.4 Å². The van der Waals surface area contributed by atoms with Crippen LogP contribution in [0, 0.1) is 10.1 Å². The molecule has 3 aromatic carbocycles. The number of hydrogen-bond acceptors (Lipinski definition) is 7. The number of carbonyl (C=O) groups excluding carboxylic acids is 1. The van der Waals surface area contributed by atoms with Crippen molar-refractivity contribution in [2.45, 2.75) is 6.92 Å². The molecule has 0 saturated carbocycles. The second-order valence-corrected chi connectivity index (χ2v) is 7.88. The van der Waals surface area contributed by atoms with E-state index in [9.17, 15) is 14.9 Å². The van der Waals surface area contributed by atoms with Crippen LogP contribution in [0.3, 0.4) is 0 Å². The van der Waals surface area contributed by atoms with Gasteiger partial charge in [0.15, 0.2) is 0 Å². The first-order chi connectivity index (χ1) is 17.3. The van der Waals surface area contributed by atoms with E-state index < -0.39 is 10.8 Å². The van der Waals surface area contributed by atoms with Crippen LogP contribution >= 0.6 is 0 Å². The van der Waals surface area contributed by atoms with Gasteiger partial charge in [-0.25, -0.2) is 0 Å². The Morgan fingerprint density at radius 1 is 0.972 bits per heavy atom. The molecule has 0 bridgehead atoms. The van der Waals surface area contributed by atoms with Crippen molar-refractivity contribution in [2.75, 3.05) is 26.6 Å². The van der Waals surface area contributed by atoms with Crippen molar-refractivity contribution in [3.63, 3.8) is 0 Å². The number of nitrogens with zero attached hydrogens (tertiary/aromatic N) is 1. The van der Waals surface area contributed by atoms with Crippen molar-refractivity contribution in [3.8, 4) is 28.4 Å². The Morgan fingerprint density at radius 2 is 1.69 bits per heavy atom. The molecule has 0 spiro atoms. The minimum atomic E-state index is -0.531. The lowest BCUT2D eigenvalue weighted by atomic mass is 9.99. The standard InChI is InChI=1S/C27H24N2O7/c1-16(11-27(30)28-23-10-7-18(29(31)32)12-26(23)35-4)20-13-21-22(15-36-25(21)14-24(20)34-3)17-5-8-19(33-2)9-6-17/h5-15H,1-4H3,(H,28,30)/b16-11+. The Hall–Kier alpha value is -4.79. The molecule has 1 N–H and O–H groups in total. The quantitative estimate of drug-likeness (QED) is 0.182. The van der Waals surface area contributed by atoms with Crippen molar-refractivity contribution in [3.05, 3.63) is 82.6 Å². The molecule has 184 valence electrons. The molecule has 0 saturated heterocycles. The Kier molecular flexibility index (Phi) is 6.91. The first-order valence-electron chi connectivity index (χ1n) is 10.9. The second-order valence-electron chi connectivity index (χ2n) is 7.88. The molecule has 0 aliphatic rings. The van der Waals surface area contributed by atoms with Gasteiger partial charge in [-0.05, 0) is 42.3 Å². The molecular weight excluding hydrogens is 464 g/mol. The topological polar surface area (TPSA) is 113 Å². The molecule has 0 unspecified atom stereocenters. The van der Waals surface area contributed by atoms with Crippen LogP contribution in [0.2, 0.25) is 0 Å². The number of non-ortho nitro benzene ring substituents is 1. The predicted octanol–water partition coefficient (Wildman–Crippen LogP) is 6.08. The summed E-state index contributed by atoms with van der Waals surface area (Å²) >= 11 is 0. The summed E-state index contributed by atoms with van der Waals surface area (Å²) in [5.74, 6) is 1.06. The van der Waals surface area contributed by atoms with Gasteiger partial charge in [0.2, 0.25) is 5.91 Å². The average molecular weight is 488 g/mol. The predicted molar refractivity (Wildman–Crippen MR) is 137 cm³/mol. The number of nitro benzene ring substituents is 1. The Labute approximate surface area is 207 Å². The third kappa shape index (κ3) is 4.85. The number of carbonyl (C=O) groups is 1. The number of nitro groups is 1. The van der Waals surface area contributed by atoms with E-state index in [-0.39, 0.29) is 11.4 Å². The number of ether oxygens (including phenoxy) is 3. The number of hydrogen-bond donors (Lipinski definition) is 1. The normalized spacial score (nSPS) is 11.3. The lowest BCUT2D eigenvalue weighted by Crippen LogP contribution is -2.10. The number of amides is 1. The number of anilines is 1. The highest BCUT2D eigenvalue weighted by Gasteiger charge is 2.16. The van der Waals surface area contributed by atoms with Gasteiger partial charge in [0.25, 0.3) is 5.69 Å². The number of furan rings is 1. The zero-order valence-corrected chi connectivity index (χ0v) is 20.2. The fraction of sp³-hybridized carbons (Fsp3) is 0.148. The maximum absolute atomic E-state index is 12.8. The number of benzene rings is 3. The molecule has 36 heavy (non-hydrogen) atoms. The third-order valence-corrected chi connectivity index (χ3v) is 5.72. The first kappa shape index (κ1) is 24.3. The number of fused-ring (bicyclic) bond motifs is 1. The van der Waals surface area contributed by atoms with Crippen LogP contribution in [0.15, 0.2) is 71.4 Å². The maximum atomic E-state index is 12.8. The zero-order chi connectivity index (χ0) is 25.8. The summed E-state index contributed by atoms with van der Waals surface area (Å²) in [6.45, 7) is 1.80. The van der Waals surface area contributed by atoms with Gasteiger partial charge in [-0.2, -0.15) is 0 Å². The molecule has 1 aromatic heterocycles. The molecule has 1 heterocycles. The highest BCUT2D eigenvalue weighted by molar-refractivity contribution is 6.06.